The van der Waals surface area contributed by atoms with Gasteiger partial charge in [-0.2, -0.15) is 0 Å². The second-order valence-electron chi connectivity index (χ2n) is 13.2. The lowest BCUT2D eigenvalue weighted by Gasteiger charge is -2.49. The molecule has 4 heterocycles. The van der Waals surface area contributed by atoms with Gasteiger partial charge in [0.15, 0.2) is 34.5 Å². The van der Waals surface area contributed by atoms with Crippen LogP contribution in [-0.2, 0) is 25.7 Å². The van der Waals surface area contributed by atoms with Crippen molar-refractivity contribution in [3.63, 3.8) is 0 Å². The van der Waals surface area contributed by atoms with Crippen LogP contribution in [0.5, 0.6) is 51.7 Å². The van der Waals surface area contributed by atoms with E-state index in [1.165, 1.54) is 0 Å². The van der Waals surface area contributed by atoms with Crippen LogP contribution in [-0.4, -0.2) is 72.3 Å². The molecule has 6 bridgehead atoms. The summed E-state index contributed by atoms with van der Waals surface area (Å²) in [6, 6.07) is 17.5. The highest BCUT2D eigenvalue weighted by Crippen LogP contribution is 2.56. The standard InChI is InChI=1S/C39H44N2O8/c1-40-16-14-27-35-29(40)18-23-8-11-26(12-9-23)48-33-20-24(10-13-31(33)43-3)19-30-28-22-34(32(44-4)21-25(28)15-17-41(30,2)42)49-37(35)39(47-7)38(46-6)36(27)45-5/h8-13,20-22,29-30H,14-19H2,1-7H3/t29-,30-,41?/m0/s1. The smallest absolute Gasteiger partial charge is 0.208 e. The fourth-order valence-corrected chi connectivity index (χ4v) is 7.72. The Morgan fingerprint density at radius 1 is 0.735 bits per heavy atom. The zero-order valence-corrected chi connectivity index (χ0v) is 29.3. The highest BCUT2D eigenvalue weighted by atomic mass is 16.6. The molecule has 0 aromatic heterocycles. The minimum absolute atomic E-state index is 0.0899. The molecule has 258 valence electrons. The number of hydrogen-bond donors (Lipinski definition) is 0. The van der Waals surface area contributed by atoms with Crippen molar-refractivity contribution in [3.8, 4) is 51.7 Å². The number of fused-ring (bicyclic) bond motifs is 2. The van der Waals surface area contributed by atoms with E-state index in [1.54, 1.807) is 42.6 Å². The molecule has 8 rings (SSSR count). The summed E-state index contributed by atoms with van der Waals surface area (Å²) in [5, 5.41) is 14.2. The Morgan fingerprint density at radius 3 is 2.12 bits per heavy atom. The summed E-state index contributed by atoms with van der Waals surface area (Å²) in [4.78, 5) is 2.33. The first-order valence-corrected chi connectivity index (χ1v) is 16.6. The number of rotatable bonds is 5. The van der Waals surface area contributed by atoms with E-state index < -0.39 is 10.7 Å². The van der Waals surface area contributed by atoms with Crippen molar-refractivity contribution >= 4 is 0 Å². The molecule has 4 aromatic rings. The van der Waals surface area contributed by atoms with E-state index in [-0.39, 0.29) is 6.04 Å². The molecule has 0 radical (unpaired) electrons. The van der Waals surface area contributed by atoms with E-state index in [1.807, 2.05) is 42.5 Å². The van der Waals surface area contributed by atoms with Crippen LogP contribution >= 0.6 is 0 Å². The van der Waals surface area contributed by atoms with E-state index in [0.717, 1.165) is 46.3 Å². The first kappa shape index (κ1) is 32.9. The maximum absolute atomic E-state index is 14.2. The molecule has 10 nitrogen and oxygen atoms in total. The Labute approximate surface area is 287 Å². The van der Waals surface area contributed by atoms with Crippen molar-refractivity contribution < 1.29 is 37.8 Å². The van der Waals surface area contributed by atoms with E-state index in [4.69, 9.17) is 33.2 Å². The molecule has 0 N–H and O–H groups in total. The van der Waals surface area contributed by atoms with Gasteiger partial charge in [-0.05, 0) is 73.0 Å². The fourth-order valence-electron chi connectivity index (χ4n) is 7.72. The molecule has 4 aromatic carbocycles. The molecule has 3 atom stereocenters. The average molecular weight is 669 g/mol. The second-order valence-corrected chi connectivity index (χ2v) is 13.2. The van der Waals surface area contributed by atoms with Gasteiger partial charge in [0.1, 0.15) is 11.8 Å². The predicted molar refractivity (Wildman–Crippen MR) is 186 cm³/mol. The SMILES string of the molecule is COc1ccc2cc1Oc1ccc(cc1)C[C@H]1c3c(c(OC)c(OC)c(OC)c3Oc3cc4c(cc3OC)CC[N+](C)([O-])[C@H]4C2)CCN1C. The monoisotopic (exact) mass is 668 g/mol. The number of ether oxygens (including phenoxy) is 7. The van der Waals surface area contributed by atoms with E-state index in [9.17, 15) is 5.21 Å². The number of hydroxylamine groups is 3. The Balaban J connectivity index is 1.50. The summed E-state index contributed by atoms with van der Waals surface area (Å²) in [6.07, 6.45) is 2.52. The van der Waals surface area contributed by atoms with Crippen LogP contribution in [0, 0.1) is 5.21 Å². The van der Waals surface area contributed by atoms with Crippen LogP contribution in [0.4, 0.5) is 0 Å². The topological polar surface area (TPSA) is 90.9 Å². The van der Waals surface area contributed by atoms with Crippen molar-refractivity contribution in [3.05, 3.63) is 93.2 Å². The highest BCUT2D eigenvalue weighted by molar-refractivity contribution is 5.70. The van der Waals surface area contributed by atoms with Crippen molar-refractivity contribution in [2.45, 2.75) is 37.8 Å². The summed E-state index contributed by atoms with van der Waals surface area (Å²) in [5.41, 5.74) is 6.06. The molecule has 49 heavy (non-hydrogen) atoms. The van der Waals surface area contributed by atoms with Crippen LogP contribution in [0.2, 0.25) is 0 Å². The highest BCUT2D eigenvalue weighted by Gasteiger charge is 2.39. The van der Waals surface area contributed by atoms with Gasteiger partial charge in [0.05, 0.1) is 49.1 Å². The van der Waals surface area contributed by atoms with Crippen LogP contribution in [0.25, 0.3) is 0 Å². The molecule has 10 heteroatoms. The Hall–Kier alpha value is -4.64. The first-order chi connectivity index (χ1) is 23.7. The van der Waals surface area contributed by atoms with Gasteiger partial charge in [0, 0.05) is 42.1 Å². The van der Waals surface area contributed by atoms with Gasteiger partial charge in [-0.3, -0.25) is 4.90 Å². The van der Waals surface area contributed by atoms with Crippen molar-refractivity contribution in [1.29, 1.82) is 0 Å². The lowest BCUT2D eigenvalue weighted by Crippen LogP contribution is -2.47. The fraction of sp³-hybridized carbons (Fsp3) is 0.385. The van der Waals surface area contributed by atoms with Crippen LogP contribution in [0.1, 0.15) is 45.5 Å². The third kappa shape index (κ3) is 5.77. The molecule has 4 aliphatic heterocycles. The van der Waals surface area contributed by atoms with Gasteiger partial charge in [0.2, 0.25) is 11.5 Å². The maximum atomic E-state index is 14.2. The van der Waals surface area contributed by atoms with E-state index in [2.05, 4.69) is 24.1 Å². The number of nitrogens with zero attached hydrogens (tertiary/aromatic N) is 2. The number of quaternary nitrogens is 1. The Morgan fingerprint density at radius 2 is 1.43 bits per heavy atom. The third-order valence-electron chi connectivity index (χ3n) is 10.4. The third-order valence-corrected chi connectivity index (χ3v) is 10.4. The van der Waals surface area contributed by atoms with Crippen molar-refractivity contribution in [1.82, 2.24) is 4.90 Å². The quantitative estimate of drug-likeness (QED) is 0.162. The summed E-state index contributed by atoms with van der Waals surface area (Å²) in [5.74, 6) is 5.07. The first-order valence-electron chi connectivity index (χ1n) is 16.6. The number of hydrogen-bond acceptors (Lipinski definition) is 9. The predicted octanol–water partition coefficient (Wildman–Crippen LogP) is 7.18. The van der Waals surface area contributed by atoms with Gasteiger partial charge < -0.3 is 43.0 Å². The lowest BCUT2D eigenvalue weighted by molar-refractivity contribution is -0.894. The van der Waals surface area contributed by atoms with Gasteiger partial charge in [0.25, 0.3) is 0 Å². The molecular formula is C39H44N2O8. The minimum atomic E-state index is -0.426. The molecule has 0 saturated heterocycles. The van der Waals surface area contributed by atoms with Crippen LogP contribution < -0.4 is 33.2 Å². The molecule has 0 fully saturated rings. The summed E-state index contributed by atoms with van der Waals surface area (Å²) < 4.78 is 42.6. The lowest BCUT2D eigenvalue weighted by atomic mass is 9.86. The van der Waals surface area contributed by atoms with Crippen LogP contribution in [0.15, 0.2) is 54.6 Å². The average Bonchev–Trinajstić information content (AvgIpc) is 3.10. The molecule has 0 spiro atoms. The van der Waals surface area contributed by atoms with E-state index >= 15 is 0 Å². The van der Waals surface area contributed by atoms with Gasteiger partial charge in [-0.25, -0.2) is 0 Å². The summed E-state index contributed by atoms with van der Waals surface area (Å²) in [6.45, 7) is 1.25. The molecule has 1 unspecified atom stereocenters. The zero-order chi connectivity index (χ0) is 34.4. The maximum Gasteiger partial charge on any atom is 0.208 e. The van der Waals surface area contributed by atoms with Gasteiger partial charge >= 0.3 is 0 Å². The van der Waals surface area contributed by atoms with Gasteiger partial charge in [-0.15, -0.1) is 0 Å². The Bertz CT molecular complexity index is 1870. The number of benzene rings is 4. The zero-order valence-electron chi connectivity index (χ0n) is 29.3. The largest absolute Gasteiger partial charge is 0.633 e. The molecule has 4 aliphatic rings. The molecule has 0 amide bonds. The normalized spacial score (nSPS) is 21.3. The summed E-state index contributed by atoms with van der Waals surface area (Å²) in [7, 11) is 12.0. The van der Waals surface area contributed by atoms with E-state index in [0.29, 0.717) is 77.6 Å². The Kier molecular flexibility index (Phi) is 8.73. The number of likely N-dealkylation sites (N-methyl/N-ethyl adjacent to an activating group) is 2. The minimum Gasteiger partial charge on any atom is -0.633 e. The van der Waals surface area contributed by atoms with Crippen LogP contribution in [0.3, 0.4) is 0 Å². The molecule has 0 saturated carbocycles. The van der Waals surface area contributed by atoms with Crippen molar-refractivity contribution in [2.75, 3.05) is 62.7 Å². The number of methoxy groups -OCH3 is 5. The molecular weight excluding hydrogens is 624 g/mol. The summed E-state index contributed by atoms with van der Waals surface area (Å²) >= 11 is 0. The van der Waals surface area contributed by atoms with Crippen molar-refractivity contribution in [2.24, 2.45) is 0 Å². The molecule has 0 aliphatic carbocycles. The second kappa shape index (κ2) is 13.0. The van der Waals surface area contributed by atoms with Gasteiger partial charge in [-0.1, -0.05) is 18.2 Å².